The molecule has 9 heteroatoms. The van der Waals surface area contributed by atoms with Gasteiger partial charge in [-0.3, -0.25) is 14.5 Å². The summed E-state index contributed by atoms with van der Waals surface area (Å²) in [7, 11) is 0. The quantitative estimate of drug-likeness (QED) is 0.430. The van der Waals surface area contributed by atoms with Crippen molar-refractivity contribution in [3.8, 4) is 0 Å². The third kappa shape index (κ3) is 5.83. The van der Waals surface area contributed by atoms with E-state index in [2.05, 4.69) is 10.6 Å². The highest BCUT2D eigenvalue weighted by Gasteiger charge is 2.46. The van der Waals surface area contributed by atoms with Crippen LogP contribution in [0, 0.1) is 5.82 Å². The Bertz CT molecular complexity index is 1250. The van der Waals surface area contributed by atoms with Gasteiger partial charge in [0.15, 0.2) is 12.1 Å². The number of hydrogen-bond acceptors (Lipinski definition) is 4. The Morgan fingerprint density at radius 3 is 2.44 bits per heavy atom. The average Bonchev–Trinajstić information content (AvgIpc) is 3.20. The van der Waals surface area contributed by atoms with Crippen molar-refractivity contribution in [2.75, 3.05) is 11.9 Å². The van der Waals surface area contributed by atoms with E-state index in [1.807, 2.05) is 6.92 Å². The zero-order valence-corrected chi connectivity index (χ0v) is 20.3. The summed E-state index contributed by atoms with van der Waals surface area (Å²) < 4.78 is 19.0. The van der Waals surface area contributed by atoms with Gasteiger partial charge in [0.1, 0.15) is 5.82 Å². The zero-order valence-electron chi connectivity index (χ0n) is 19.5. The van der Waals surface area contributed by atoms with Gasteiger partial charge >= 0.3 is 6.09 Å². The lowest BCUT2D eigenvalue weighted by molar-refractivity contribution is -0.126. The number of ether oxygens (including phenoxy) is 1. The van der Waals surface area contributed by atoms with Crippen LogP contribution >= 0.6 is 11.6 Å². The second kappa shape index (κ2) is 11.2. The molecule has 186 valence electrons. The summed E-state index contributed by atoms with van der Waals surface area (Å²) in [5.74, 6) is -1.05. The SMILES string of the molecule is CCCNC(=O)[C@H]1[C@@H](c2ccc(NC(=O)c3cccc(Cl)c3)cc2)OC(=O)N1Cc1ccc(F)cc1. The fourth-order valence-corrected chi connectivity index (χ4v) is 4.13. The van der Waals surface area contributed by atoms with E-state index in [1.54, 1.807) is 60.7 Å². The van der Waals surface area contributed by atoms with Gasteiger partial charge in [-0.05, 0) is 60.0 Å². The lowest BCUT2D eigenvalue weighted by Gasteiger charge is -2.24. The molecule has 2 N–H and O–H groups in total. The van der Waals surface area contributed by atoms with Crippen LogP contribution < -0.4 is 10.6 Å². The molecule has 7 nitrogen and oxygen atoms in total. The van der Waals surface area contributed by atoms with Crippen molar-refractivity contribution in [2.45, 2.75) is 32.0 Å². The zero-order chi connectivity index (χ0) is 25.7. The second-order valence-electron chi connectivity index (χ2n) is 8.38. The van der Waals surface area contributed by atoms with E-state index < -0.39 is 18.2 Å². The van der Waals surface area contributed by atoms with E-state index in [1.165, 1.54) is 17.0 Å². The van der Waals surface area contributed by atoms with E-state index in [0.717, 1.165) is 6.42 Å². The van der Waals surface area contributed by atoms with Gasteiger partial charge in [0.2, 0.25) is 5.91 Å². The molecule has 0 saturated carbocycles. The minimum absolute atomic E-state index is 0.0909. The van der Waals surface area contributed by atoms with E-state index in [4.69, 9.17) is 16.3 Å². The summed E-state index contributed by atoms with van der Waals surface area (Å²) in [6.45, 7) is 2.48. The van der Waals surface area contributed by atoms with E-state index in [0.29, 0.717) is 33.9 Å². The Balaban J connectivity index is 1.54. The van der Waals surface area contributed by atoms with Crippen molar-refractivity contribution in [2.24, 2.45) is 0 Å². The largest absolute Gasteiger partial charge is 0.438 e. The fraction of sp³-hybridized carbons (Fsp3) is 0.222. The molecule has 2 atom stereocenters. The van der Waals surface area contributed by atoms with E-state index in [-0.39, 0.29) is 24.2 Å². The number of halogens is 2. The number of nitrogens with zero attached hydrogens (tertiary/aromatic N) is 1. The van der Waals surface area contributed by atoms with Crippen LogP contribution in [0.15, 0.2) is 72.8 Å². The number of cyclic esters (lactones) is 1. The summed E-state index contributed by atoms with van der Waals surface area (Å²) >= 11 is 5.96. The molecule has 1 heterocycles. The molecule has 0 spiro atoms. The standard InChI is InChI=1S/C27H25ClFN3O4/c1-2-14-30-26(34)23-24(36-27(35)32(23)16-17-6-10-21(29)11-7-17)18-8-12-22(13-9-18)31-25(33)19-4-3-5-20(28)15-19/h3-13,15,23-24H,2,14,16H2,1H3,(H,30,34)(H,31,33)/t23-,24-/m1/s1. The highest BCUT2D eigenvalue weighted by molar-refractivity contribution is 6.31. The Morgan fingerprint density at radius 2 is 1.78 bits per heavy atom. The fourth-order valence-electron chi connectivity index (χ4n) is 3.94. The van der Waals surface area contributed by atoms with Crippen LogP contribution in [0.4, 0.5) is 14.9 Å². The Labute approximate surface area is 213 Å². The average molecular weight is 510 g/mol. The molecule has 36 heavy (non-hydrogen) atoms. The molecule has 3 aromatic carbocycles. The van der Waals surface area contributed by atoms with Gasteiger partial charge in [-0.2, -0.15) is 0 Å². The molecule has 3 aromatic rings. The summed E-state index contributed by atoms with van der Waals surface area (Å²) in [6.07, 6.45) is -0.761. The topological polar surface area (TPSA) is 87.7 Å². The molecule has 0 aliphatic carbocycles. The molecule has 1 aliphatic heterocycles. The summed E-state index contributed by atoms with van der Waals surface area (Å²) in [5.41, 5.74) is 2.22. The Morgan fingerprint density at radius 1 is 1.06 bits per heavy atom. The molecule has 0 unspecified atom stereocenters. The van der Waals surface area contributed by atoms with Gasteiger partial charge < -0.3 is 15.4 Å². The van der Waals surface area contributed by atoms with Crippen LogP contribution in [-0.2, 0) is 16.1 Å². The molecule has 1 aliphatic rings. The monoisotopic (exact) mass is 509 g/mol. The van der Waals surface area contributed by atoms with Gasteiger partial charge in [-0.25, -0.2) is 9.18 Å². The molecule has 0 radical (unpaired) electrons. The first kappa shape index (κ1) is 25.2. The number of carbonyl (C=O) groups is 3. The molecule has 0 bridgehead atoms. The minimum Gasteiger partial charge on any atom is -0.438 e. The van der Waals surface area contributed by atoms with Crippen molar-refractivity contribution in [1.82, 2.24) is 10.2 Å². The van der Waals surface area contributed by atoms with Gasteiger partial charge in [0.25, 0.3) is 5.91 Å². The number of rotatable bonds is 8. The lowest BCUT2D eigenvalue weighted by atomic mass is 10.00. The maximum absolute atomic E-state index is 13.3. The first-order valence-electron chi connectivity index (χ1n) is 11.5. The first-order chi connectivity index (χ1) is 17.4. The number of anilines is 1. The van der Waals surface area contributed by atoms with Gasteiger partial charge in [-0.15, -0.1) is 0 Å². The number of hydrogen-bond donors (Lipinski definition) is 2. The summed E-state index contributed by atoms with van der Waals surface area (Å²) in [5, 5.41) is 6.09. The predicted molar refractivity (Wildman–Crippen MR) is 134 cm³/mol. The molecular weight excluding hydrogens is 485 g/mol. The van der Waals surface area contributed by atoms with Gasteiger partial charge in [-0.1, -0.05) is 48.9 Å². The van der Waals surface area contributed by atoms with Crippen molar-refractivity contribution in [3.05, 3.63) is 100 Å². The van der Waals surface area contributed by atoms with Crippen molar-refractivity contribution in [1.29, 1.82) is 0 Å². The van der Waals surface area contributed by atoms with Crippen LogP contribution in [-0.4, -0.2) is 35.4 Å². The number of amides is 3. The molecule has 3 amide bonds. The molecule has 4 rings (SSSR count). The lowest BCUT2D eigenvalue weighted by Crippen LogP contribution is -2.46. The third-order valence-electron chi connectivity index (χ3n) is 5.75. The van der Waals surface area contributed by atoms with Crippen molar-refractivity contribution >= 4 is 35.2 Å². The van der Waals surface area contributed by atoms with Gasteiger partial charge in [0.05, 0.1) is 6.54 Å². The predicted octanol–water partition coefficient (Wildman–Crippen LogP) is 5.32. The molecular formula is C27H25ClFN3O4. The first-order valence-corrected chi connectivity index (χ1v) is 11.9. The molecule has 1 saturated heterocycles. The normalized spacial score (nSPS) is 17.0. The highest BCUT2D eigenvalue weighted by atomic mass is 35.5. The second-order valence-corrected chi connectivity index (χ2v) is 8.82. The minimum atomic E-state index is -0.916. The van der Waals surface area contributed by atoms with Crippen LogP contribution in [0.1, 0.15) is 40.9 Å². The van der Waals surface area contributed by atoms with Crippen LogP contribution in [0.2, 0.25) is 5.02 Å². The van der Waals surface area contributed by atoms with Gasteiger partial charge in [0, 0.05) is 22.8 Å². The summed E-state index contributed by atoms with van der Waals surface area (Å²) in [4.78, 5) is 39.7. The third-order valence-corrected chi connectivity index (χ3v) is 5.99. The maximum Gasteiger partial charge on any atom is 0.411 e. The van der Waals surface area contributed by atoms with E-state index >= 15 is 0 Å². The van der Waals surface area contributed by atoms with Crippen LogP contribution in [0.5, 0.6) is 0 Å². The molecule has 0 aromatic heterocycles. The number of carbonyl (C=O) groups excluding carboxylic acids is 3. The van der Waals surface area contributed by atoms with Crippen LogP contribution in [0.25, 0.3) is 0 Å². The van der Waals surface area contributed by atoms with Crippen LogP contribution in [0.3, 0.4) is 0 Å². The maximum atomic E-state index is 13.3. The highest BCUT2D eigenvalue weighted by Crippen LogP contribution is 2.34. The smallest absolute Gasteiger partial charge is 0.411 e. The van der Waals surface area contributed by atoms with Crippen molar-refractivity contribution in [3.63, 3.8) is 0 Å². The number of nitrogens with one attached hydrogen (secondary N) is 2. The van der Waals surface area contributed by atoms with Crippen molar-refractivity contribution < 1.29 is 23.5 Å². The Kier molecular flexibility index (Phi) is 7.85. The molecule has 1 fully saturated rings. The summed E-state index contributed by atoms with van der Waals surface area (Å²) in [6, 6.07) is 18.2. The Hall–Kier alpha value is -3.91. The number of benzene rings is 3. The van der Waals surface area contributed by atoms with E-state index in [9.17, 15) is 18.8 Å².